The summed E-state index contributed by atoms with van der Waals surface area (Å²) < 4.78 is 18.0. The van der Waals surface area contributed by atoms with E-state index in [1.807, 2.05) is 0 Å². The van der Waals surface area contributed by atoms with Gasteiger partial charge in [-0.2, -0.15) is 0 Å². The van der Waals surface area contributed by atoms with Crippen molar-refractivity contribution in [2.75, 3.05) is 6.61 Å². The number of carbonyl (C=O) groups excluding carboxylic acids is 1. The molecule has 0 N–H and O–H groups in total. The van der Waals surface area contributed by atoms with Crippen molar-refractivity contribution in [1.29, 1.82) is 0 Å². The molecule has 70 valence electrons. The minimum atomic E-state index is -0.700. The van der Waals surface area contributed by atoms with Crippen LogP contribution in [0.3, 0.4) is 0 Å². The van der Waals surface area contributed by atoms with E-state index in [9.17, 15) is 9.18 Å². The molecule has 0 aromatic carbocycles. The number of halogens is 2. The summed E-state index contributed by atoms with van der Waals surface area (Å²) in [6.07, 6.45) is 2.41. The second kappa shape index (κ2) is 4.32. The Labute approximate surface area is 83.1 Å². The fourth-order valence-corrected chi connectivity index (χ4v) is 1.10. The van der Waals surface area contributed by atoms with E-state index in [1.165, 1.54) is 6.20 Å². The lowest BCUT2D eigenvalue weighted by Gasteiger charge is -2.02. The molecule has 5 heteroatoms. The van der Waals surface area contributed by atoms with Gasteiger partial charge >= 0.3 is 5.97 Å². The average Bonchev–Trinajstić information content (AvgIpc) is 2.10. The van der Waals surface area contributed by atoms with Gasteiger partial charge < -0.3 is 4.74 Å². The van der Waals surface area contributed by atoms with Gasteiger partial charge in [-0.3, -0.25) is 4.98 Å². The molecule has 3 nitrogen and oxygen atoms in total. The van der Waals surface area contributed by atoms with Crippen molar-refractivity contribution in [3.05, 3.63) is 28.2 Å². The Morgan fingerprint density at radius 2 is 2.38 bits per heavy atom. The molecule has 0 aliphatic heterocycles. The predicted octanol–water partition coefficient (Wildman–Crippen LogP) is 2.16. The summed E-state index contributed by atoms with van der Waals surface area (Å²) in [5.74, 6) is -1.35. The number of nitrogens with zero attached hydrogens (tertiary/aromatic N) is 1. The Hall–Kier alpha value is -0.970. The zero-order valence-corrected chi connectivity index (χ0v) is 8.47. The van der Waals surface area contributed by atoms with Gasteiger partial charge in [0.05, 0.1) is 11.1 Å². The molecule has 0 amide bonds. The molecule has 1 rings (SSSR count). The number of hydrogen-bond donors (Lipinski definition) is 0. The monoisotopic (exact) mass is 247 g/mol. The number of hydrogen-bond acceptors (Lipinski definition) is 3. The maximum atomic E-state index is 13.2. The van der Waals surface area contributed by atoms with E-state index in [1.54, 1.807) is 6.92 Å². The van der Waals surface area contributed by atoms with Gasteiger partial charge in [0, 0.05) is 12.4 Å². The lowest BCUT2D eigenvalue weighted by atomic mass is 10.3. The van der Waals surface area contributed by atoms with Crippen molar-refractivity contribution in [1.82, 2.24) is 4.98 Å². The van der Waals surface area contributed by atoms with Crippen LogP contribution in [0.1, 0.15) is 17.3 Å². The van der Waals surface area contributed by atoms with Crippen LogP contribution in [0, 0.1) is 5.82 Å². The molecule has 1 aromatic rings. The van der Waals surface area contributed by atoms with E-state index >= 15 is 0 Å². The van der Waals surface area contributed by atoms with Crippen molar-refractivity contribution < 1.29 is 13.9 Å². The summed E-state index contributed by atoms with van der Waals surface area (Å²) in [5.41, 5.74) is -0.156. The molecule has 0 saturated carbocycles. The largest absolute Gasteiger partial charge is 0.462 e. The first kappa shape index (κ1) is 10.1. The highest BCUT2D eigenvalue weighted by atomic mass is 79.9. The maximum absolute atomic E-state index is 13.2. The highest BCUT2D eigenvalue weighted by Gasteiger charge is 2.15. The standard InChI is InChI=1S/C8H7BrFNO2/c1-2-13-8(12)5-3-11-4-6(9)7(5)10/h3-4H,2H2,1H3. The Morgan fingerprint density at radius 3 is 3.00 bits per heavy atom. The van der Waals surface area contributed by atoms with E-state index < -0.39 is 11.8 Å². The number of rotatable bonds is 2. The zero-order chi connectivity index (χ0) is 9.84. The van der Waals surface area contributed by atoms with Crippen LogP contribution in [-0.2, 0) is 4.74 Å². The van der Waals surface area contributed by atoms with Crippen LogP contribution >= 0.6 is 15.9 Å². The van der Waals surface area contributed by atoms with Crippen LogP contribution < -0.4 is 0 Å². The van der Waals surface area contributed by atoms with Crippen LogP contribution in [0.4, 0.5) is 4.39 Å². The van der Waals surface area contributed by atoms with Gasteiger partial charge in [-0.25, -0.2) is 9.18 Å². The van der Waals surface area contributed by atoms with Gasteiger partial charge in [-0.05, 0) is 22.9 Å². The van der Waals surface area contributed by atoms with Gasteiger partial charge in [0.25, 0.3) is 0 Å². The molecular weight excluding hydrogens is 241 g/mol. The van der Waals surface area contributed by atoms with Gasteiger partial charge in [0.1, 0.15) is 5.56 Å². The lowest BCUT2D eigenvalue weighted by molar-refractivity contribution is 0.0520. The summed E-state index contributed by atoms with van der Waals surface area (Å²) in [4.78, 5) is 14.8. The molecule has 0 bridgehead atoms. The third-order valence-corrected chi connectivity index (χ3v) is 1.89. The maximum Gasteiger partial charge on any atom is 0.342 e. The molecule has 0 saturated heterocycles. The van der Waals surface area contributed by atoms with Crippen molar-refractivity contribution in [3.63, 3.8) is 0 Å². The Bertz CT molecular complexity index is 330. The lowest BCUT2D eigenvalue weighted by Crippen LogP contribution is -2.08. The van der Waals surface area contributed by atoms with Gasteiger partial charge in [0.15, 0.2) is 5.82 Å². The highest BCUT2D eigenvalue weighted by Crippen LogP contribution is 2.17. The van der Waals surface area contributed by atoms with E-state index in [4.69, 9.17) is 0 Å². The molecule has 0 spiro atoms. The highest BCUT2D eigenvalue weighted by molar-refractivity contribution is 9.10. The minimum Gasteiger partial charge on any atom is -0.462 e. The van der Waals surface area contributed by atoms with E-state index in [0.717, 1.165) is 6.20 Å². The molecule has 13 heavy (non-hydrogen) atoms. The zero-order valence-electron chi connectivity index (χ0n) is 6.88. The molecule has 0 radical (unpaired) electrons. The first-order valence-corrected chi connectivity index (χ1v) is 4.42. The number of aromatic nitrogens is 1. The first-order valence-electron chi connectivity index (χ1n) is 3.63. The molecule has 0 atom stereocenters. The molecule has 0 unspecified atom stereocenters. The summed E-state index contributed by atoms with van der Waals surface area (Å²) >= 11 is 2.92. The SMILES string of the molecule is CCOC(=O)c1cncc(Br)c1F. The van der Waals surface area contributed by atoms with Crippen LogP contribution in [0.2, 0.25) is 0 Å². The van der Waals surface area contributed by atoms with Crippen molar-refractivity contribution in [2.24, 2.45) is 0 Å². The van der Waals surface area contributed by atoms with Gasteiger partial charge in [-0.1, -0.05) is 0 Å². The fraction of sp³-hybridized carbons (Fsp3) is 0.250. The second-order valence-corrected chi connectivity index (χ2v) is 3.06. The van der Waals surface area contributed by atoms with E-state index in [0.29, 0.717) is 0 Å². The summed E-state index contributed by atoms with van der Waals surface area (Å²) in [6.45, 7) is 1.87. The van der Waals surface area contributed by atoms with Crippen LogP contribution in [0.15, 0.2) is 16.9 Å². The van der Waals surface area contributed by atoms with Crippen molar-refractivity contribution in [2.45, 2.75) is 6.92 Å². The molecule has 0 aliphatic carbocycles. The predicted molar refractivity (Wildman–Crippen MR) is 47.9 cm³/mol. The smallest absolute Gasteiger partial charge is 0.342 e. The third-order valence-electron chi connectivity index (χ3n) is 1.33. The quantitative estimate of drug-likeness (QED) is 0.753. The normalized spacial score (nSPS) is 9.77. The van der Waals surface area contributed by atoms with Crippen LogP contribution in [-0.4, -0.2) is 17.6 Å². The van der Waals surface area contributed by atoms with Crippen molar-refractivity contribution in [3.8, 4) is 0 Å². The Balaban J connectivity index is 3.01. The molecule has 1 aromatic heterocycles. The van der Waals surface area contributed by atoms with Gasteiger partial charge in [0.2, 0.25) is 0 Å². The van der Waals surface area contributed by atoms with Crippen LogP contribution in [0.5, 0.6) is 0 Å². The molecular formula is C8H7BrFNO2. The fourth-order valence-electron chi connectivity index (χ4n) is 0.770. The number of esters is 1. The summed E-state index contributed by atoms with van der Waals surface area (Å²) in [5, 5.41) is 0. The second-order valence-electron chi connectivity index (χ2n) is 2.20. The number of ether oxygens (including phenoxy) is 1. The van der Waals surface area contributed by atoms with E-state index in [2.05, 4.69) is 25.7 Å². The molecule has 0 aliphatic rings. The van der Waals surface area contributed by atoms with Crippen LogP contribution in [0.25, 0.3) is 0 Å². The molecule has 1 heterocycles. The third kappa shape index (κ3) is 2.24. The number of carbonyl (C=O) groups is 1. The average molecular weight is 248 g/mol. The van der Waals surface area contributed by atoms with Gasteiger partial charge in [-0.15, -0.1) is 0 Å². The summed E-state index contributed by atoms with van der Waals surface area (Å²) in [6, 6.07) is 0. The summed E-state index contributed by atoms with van der Waals surface area (Å²) in [7, 11) is 0. The topological polar surface area (TPSA) is 39.2 Å². The molecule has 0 fully saturated rings. The minimum absolute atomic E-state index is 0.151. The first-order chi connectivity index (χ1) is 6.16. The van der Waals surface area contributed by atoms with Crippen molar-refractivity contribution >= 4 is 21.9 Å². The Kier molecular flexibility index (Phi) is 3.36. The number of pyridine rings is 1. The Morgan fingerprint density at radius 1 is 1.69 bits per heavy atom. The van der Waals surface area contributed by atoms with E-state index in [-0.39, 0.29) is 16.6 Å².